The SMILES string of the molecule is CC1CN(C(=O)O)C1. The van der Waals surface area contributed by atoms with Gasteiger partial charge in [-0.1, -0.05) is 6.92 Å². The zero-order valence-electron chi connectivity index (χ0n) is 4.79. The lowest BCUT2D eigenvalue weighted by Crippen LogP contribution is -2.47. The van der Waals surface area contributed by atoms with E-state index in [1.807, 2.05) is 6.92 Å². The van der Waals surface area contributed by atoms with Gasteiger partial charge in [0.15, 0.2) is 0 Å². The standard InChI is InChI=1S/C5H9NO2/c1-4-2-6(3-4)5(7)8/h4H,2-3H2,1H3,(H,7,8). The Bertz CT molecular complexity index is 107. The highest BCUT2D eigenvalue weighted by Gasteiger charge is 2.25. The van der Waals surface area contributed by atoms with Gasteiger partial charge in [-0.05, 0) is 5.92 Å². The molecular formula is C5H9NO2. The van der Waals surface area contributed by atoms with E-state index >= 15 is 0 Å². The van der Waals surface area contributed by atoms with Gasteiger partial charge in [0.05, 0.1) is 0 Å². The molecule has 0 aliphatic carbocycles. The molecule has 0 atom stereocenters. The smallest absolute Gasteiger partial charge is 0.407 e. The molecule has 1 N–H and O–H groups in total. The Morgan fingerprint density at radius 3 is 2.38 bits per heavy atom. The molecule has 0 saturated carbocycles. The fraction of sp³-hybridized carbons (Fsp3) is 0.800. The summed E-state index contributed by atoms with van der Waals surface area (Å²) in [6.45, 7) is 3.48. The Hall–Kier alpha value is -0.730. The molecule has 0 bridgehead atoms. The first-order valence-electron chi connectivity index (χ1n) is 2.68. The molecule has 0 spiro atoms. The van der Waals surface area contributed by atoms with Crippen LogP contribution in [0.25, 0.3) is 0 Å². The van der Waals surface area contributed by atoms with E-state index in [4.69, 9.17) is 5.11 Å². The number of hydrogen-bond acceptors (Lipinski definition) is 1. The van der Waals surface area contributed by atoms with Crippen LogP contribution in [0, 0.1) is 5.92 Å². The Kier molecular flexibility index (Phi) is 1.12. The van der Waals surface area contributed by atoms with Crippen LogP contribution in [0.3, 0.4) is 0 Å². The third-order valence-corrected chi connectivity index (χ3v) is 1.33. The van der Waals surface area contributed by atoms with Crippen LogP contribution in [0.15, 0.2) is 0 Å². The summed E-state index contributed by atoms with van der Waals surface area (Å²) in [7, 11) is 0. The van der Waals surface area contributed by atoms with E-state index in [9.17, 15) is 4.79 Å². The maximum atomic E-state index is 10.1. The second kappa shape index (κ2) is 1.65. The molecule has 1 fully saturated rings. The summed E-state index contributed by atoms with van der Waals surface area (Å²) < 4.78 is 0. The summed E-state index contributed by atoms with van der Waals surface area (Å²) in [5.41, 5.74) is 0. The quantitative estimate of drug-likeness (QED) is 0.502. The lowest BCUT2D eigenvalue weighted by molar-refractivity contribution is 0.0885. The molecule has 1 heterocycles. The van der Waals surface area contributed by atoms with Gasteiger partial charge in [-0.3, -0.25) is 0 Å². The monoisotopic (exact) mass is 115 g/mol. The van der Waals surface area contributed by atoms with Crippen molar-refractivity contribution < 1.29 is 9.90 Å². The van der Waals surface area contributed by atoms with E-state index in [-0.39, 0.29) is 0 Å². The fourth-order valence-corrected chi connectivity index (χ4v) is 0.855. The molecule has 1 aliphatic rings. The van der Waals surface area contributed by atoms with Crippen molar-refractivity contribution in [1.29, 1.82) is 0 Å². The highest BCUT2D eigenvalue weighted by atomic mass is 16.4. The number of nitrogens with zero attached hydrogens (tertiary/aromatic N) is 1. The van der Waals surface area contributed by atoms with Gasteiger partial charge < -0.3 is 10.0 Å². The van der Waals surface area contributed by atoms with Crippen LogP contribution in [-0.2, 0) is 0 Å². The first kappa shape index (κ1) is 5.41. The van der Waals surface area contributed by atoms with Crippen LogP contribution in [0.2, 0.25) is 0 Å². The first-order valence-corrected chi connectivity index (χ1v) is 2.68. The molecule has 3 nitrogen and oxygen atoms in total. The van der Waals surface area contributed by atoms with Gasteiger partial charge in [-0.2, -0.15) is 0 Å². The third kappa shape index (κ3) is 0.757. The maximum Gasteiger partial charge on any atom is 0.407 e. The summed E-state index contributed by atoms with van der Waals surface area (Å²) in [5, 5.41) is 8.28. The van der Waals surface area contributed by atoms with E-state index in [0.29, 0.717) is 5.92 Å². The van der Waals surface area contributed by atoms with E-state index < -0.39 is 6.09 Å². The number of carbonyl (C=O) groups is 1. The van der Waals surface area contributed by atoms with Crippen molar-refractivity contribution in [2.24, 2.45) is 5.92 Å². The zero-order valence-corrected chi connectivity index (χ0v) is 4.79. The summed E-state index contributed by atoms with van der Waals surface area (Å²) >= 11 is 0. The molecule has 8 heavy (non-hydrogen) atoms. The van der Waals surface area contributed by atoms with Crippen molar-refractivity contribution in [3.63, 3.8) is 0 Å². The number of amides is 1. The van der Waals surface area contributed by atoms with Crippen LogP contribution in [-0.4, -0.2) is 29.2 Å². The average Bonchev–Trinajstić information content (AvgIpc) is 1.57. The Labute approximate surface area is 47.9 Å². The summed E-state index contributed by atoms with van der Waals surface area (Å²) in [6, 6.07) is 0. The molecule has 0 aromatic rings. The molecule has 0 aromatic carbocycles. The molecular weight excluding hydrogens is 106 g/mol. The Morgan fingerprint density at radius 2 is 2.25 bits per heavy atom. The Morgan fingerprint density at radius 1 is 1.75 bits per heavy atom. The molecule has 0 unspecified atom stereocenters. The molecule has 0 radical (unpaired) electrons. The molecule has 1 amide bonds. The van der Waals surface area contributed by atoms with Crippen LogP contribution in [0.1, 0.15) is 6.92 Å². The van der Waals surface area contributed by atoms with Crippen molar-refractivity contribution in [3.8, 4) is 0 Å². The van der Waals surface area contributed by atoms with E-state index in [1.165, 1.54) is 4.90 Å². The molecule has 46 valence electrons. The predicted molar refractivity (Wildman–Crippen MR) is 28.8 cm³/mol. The highest BCUT2D eigenvalue weighted by Crippen LogP contribution is 2.12. The van der Waals surface area contributed by atoms with Crippen LogP contribution >= 0.6 is 0 Å². The lowest BCUT2D eigenvalue weighted by Gasteiger charge is -2.34. The van der Waals surface area contributed by atoms with Crippen molar-refractivity contribution in [3.05, 3.63) is 0 Å². The van der Waals surface area contributed by atoms with E-state index in [1.54, 1.807) is 0 Å². The maximum absolute atomic E-state index is 10.1. The van der Waals surface area contributed by atoms with Crippen LogP contribution in [0.5, 0.6) is 0 Å². The average molecular weight is 115 g/mol. The first-order chi connectivity index (χ1) is 3.70. The number of rotatable bonds is 0. The van der Waals surface area contributed by atoms with Crippen molar-refractivity contribution >= 4 is 6.09 Å². The number of hydrogen-bond donors (Lipinski definition) is 1. The predicted octanol–water partition coefficient (Wildman–Crippen LogP) is 0.616. The third-order valence-electron chi connectivity index (χ3n) is 1.33. The van der Waals surface area contributed by atoms with Gasteiger partial charge in [0.1, 0.15) is 0 Å². The number of likely N-dealkylation sites (tertiary alicyclic amines) is 1. The van der Waals surface area contributed by atoms with Gasteiger partial charge in [0.2, 0.25) is 0 Å². The molecule has 3 heteroatoms. The second-order valence-corrected chi connectivity index (χ2v) is 2.29. The van der Waals surface area contributed by atoms with Gasteiger partial charge in [-0.15, -0.1) is 0 Å². The minimum Gasteiger partial charge on any atom is -0.465 e. The topological polar surface area (TPSA) is 40.5 Å². The van der Waals surface area contributed by atoms with Crippen LogP contribution in [0.4, 0.5) is 4.79 Å². The summed E-state index contributed by atoms with van der Waals surface area (Å²) in [4.78, 5) is 11.5. The minimum atomic E-state index is -0.789. The second-order valence-electron chi connectivity index (χ2n) is 2.29. The van der Waals surface area contributed by atoms with Gasteiger partial charge in [-0.25, -0.2) is 4.79 Å². The van der Waals surface area contributed by atoms with Gasteiger partial charge >= 0.3 is 6.09 Å². The van der Waals surface area contributed by atoms with Crippen LogP contribution < -0.4 is 0 Å². The molecule has 1 saturated heterocycles. The normalized spacial score (nSPS) is 20.4. The van der Waals surface area contributed by atoms with Gasteiger partial charge in [0, 0.05) is 13.1 Å². The van der Waals surface area contributed by atoms with Crippen molar-refractivity contribution in [1.82, 2.24) is 4.90 Å². The number of carboxylic acid groups (broad SMARTS) is 1. The highest BCUT2D eigenvalue weighted by molar-refractivity contribution is 5.65. The largest absolute Gasteiger partial charge is 0.465 e. The summed E-state index contributed by atoms with van der Waals surface area (Å²) in [6.07, 6.45) is -0.789. The molecule has 1 aliphatic heterocycles. The zero-order chi connectivity index (χ0) is 6.15. The molecule has 0 aromatic heterocycles. The minimum absolute atomic E-state index is 0.575. The molecule has 1 rings (SSSR count). The van der Waals surface area contributed by atoms with Gasteiger partial charge in [0.25, 0.3) is 0 Å². The summed E-state index contributed by atoms with van der Waals surface area (Å²) in [5.74, 6) is 0.575. The van der Waals surface area contributed by atoms with Crippen molar-refractivity contribution in [2.45, 2.75) is 6.92 Å². The Balaban J connectivity index is 2.25. The lowest BCUT2D eigenvalue weighted by atomic mass is 10.0. The van der Waals surface area contributed by atoms with E-state index in [2.05, 4.69) is 0 Å². The van der Waals surface area contributed by atoms with Crippen molar-refractivity contribution in [2.75, 3.05) is 13.1 Å². The fourth-order valence-electron chi connectivity index (χ4n) is 0.855. The van der Waals surface area contributed by atoms with E-state index in [0.717, 1.165) is 13.1 Å².